The van der Waals surface area contributed by atoms with Gasteiger partial charge in [-0.2, -0.15) is 8.42 Å². The van der Waals surface area contributed by atoms with Gasteiger partial charge in [0.15, 0.2) is 0 Å². The Bertz CT molecular complexity index is 496. The lowest BCUT2D eigenvalue weighted by Crippen LogP contribution is -2.11. The van der Waals surface area contributed by atoms with E-state index in [0.717, 1.165) is 5.56 Å². The minimum atomic E-state index is -3.77. The lowest BCUT2D eigenvalue weighted by molar-refractivity contribution is 0.109. The van der Waals surface area contributed by atoms with Crippen molar-refractivity contribution < 1.29 is 22.1 Å². The molecule has 0 saturated carbocycles. The minimum Gasteiger partial charge on any atom is -0.490 e. The molecule has 0 heterocycles. The molecule has 1 aromatic carbocycles. The maximum Gasteiger partial charge on any atom is 0.300 e. The van der Waals surface area contributed by atoms with Crippen LogP contribution >= 0.6 is 0 Å². The molecule has 0 bridgehead atoms. The Balaban J connectivity index is 2.92. The van der Waals surface area contributed by atoms with Crippen LogP contribution in [0.4, 0.5) is 0 Å². The van der Waals surface area contributed by atoms with Gasteiger partial charge < -0.3 is 9.47 Å². The molecule has 0 radical (unpaired) electrons. The molecule has 0 amide bonds. The van der Waals surface area contributed by atoms with Gasteiger partial charge >= 0.3 is 10.1 Å². The van der Waals surface area contributed by atoms with E-state index in [2.05, 4.69) is 0 Å². The van der Waals surface area contributed by atoms with Gasteiger partial charge in [0.25, 0.3) is 0 Å². The molecule has 0 N–H and O–H groups in total. The maximum atomic E-state index is 11.9. The molecular weight excluding hydrogens is 268 g/mol. The average Bonchev–Trinajstić information content (AvgIpc) is 2.34. The Morgan fingerprint density at radius 2 is 1.84 bits per heavy atom. The molecule has 6 heteroatoms. The van der Waals surface area contributed by atoms with Crippen LogP contribution in [0.3, 0.4) is 0 Å². The Kier molecular flexibility index (Phi) is 6.27. The summed E-state index contributed by atoms with van der Waals surface area (Å²) in [6, 6.07) is 4.88. The molecule has 0 aliphatic carbocycles. The van der Waals surface area contributed by atoms with Gasteiger partial charge in [-0.25, -0.2) is 0 Å². The third-order valence-corrected chi connectivity index (χ3v) is 3.75. The van der Waals surface area contributed by atoms with Crippen molar-refractivity contribution in [2.24, 2.45) is 0 Å². The summed E-state index contributed by atoms with van der Waals surface area (Å²) in [7, 11) is -3.77. The van der Waals surface area contributed by atoms with Crippen molar-refractivity contribution in [3.63, 3.8) is 0 Å². The van der Waals surface area contributed by atoms with Crippen LogP contribution in [0.15, 0.2) is 23.1 Å². The number of hydrogen-bond acceptors (Lipinski definition) is 5. The summed E-state index contributed by atoms with van der Waals surface area (Å²) in [6.07, 6.45) is 0. The molecule has 19 heavy (non-hydrogen) atoms. The smallest absolute Gasteiger partial charge is 0.300 e. The van der Waals surface area contributed by atoms with Crippen LogP contribution in [0.5, 0.6) is 5.75 Å². The first kappa shape index (κ1) is 15.9. The largest absolute Gasteiger partial charge is 0.490 e. The lowest BCUT2D eigenvalue weighted by Gasteiger charge is -2.12. The van der Waals surface area contributed by atoms with Crippen molar-refractivity contribution >= 4 is 10.1 Å². The SMILES string of the molecule is CCOCCOc1cc(C)ccc1S(=O)(=O)OCC. The summed E-state index contributed by atoms with van der Waals surface area (Å²) in [4.78, 5) is 0.0523. The first-order chi connectivity index (χ1) is 9.01. The van der Waals surface area contributed by atoms with Gasteiger partial charge in [0.05, 0.1) is 13.2 Å². The molecule has 0 spiro atoms. The summed E-state index contributed by atoms with van der Waals surface area (Å²) in [5.74, 6) is 0.299. The zero-order valence-electron chi connectivity index (χ0n) is 11.5. The highest BCUT2D eigenvalue weighted by Crippen LogP contribution is 2.26. The fourth-order valence-corrected chi connectivity index (χ4v) is 2.54. The van der Waals surface area contributed by atoms with Gasteiger partial charge in [0.1, 0.15) is 17.3 Å². The van der Waals surface area contributed by atoms with Gasteiger partial charge in [-0.3, -0.25) is 4.18 Å². The molecule has 108 valence electrons. The summed E-state index contributed by atoms with van der Waals surface area (Å²) in [6.45, 7) is 6.78. The normalized spacial score (nSPS) is 11.5. The highest BCUT2D eigenvalue weighted by molar-refractivity contribution is 7.86. The van der Waals surface area contributed by atoms with E-state index in [0.29, 0.717) is 25.6 Å². The second-order valence-corrected chi connectivity index (χ2v) is 5.44. The van der Waals surface area contributed by atoms with E-state index in [9.17, 15) is 8.42 Å². The molecule has 1 aromatic rings. The lowest BCUT2D eigenvalue weighted by atomic mass is 10.2. The molecule has 0 fully saturated rings. The topological polar surface area (TPSA) is 61.8 Å². The molecule has 0 atom stereocenters. The van der Waals surface area contributed by atoms with Gasteiger partial charge in [-0.1, -0.05) is 6.07 Å². The predicted molar refractivity (Wildman–Crippen MR) is 72.0 cm³/mol. The number of benzene rings is 1. The monoisotopic (exact) mass is 288 g/mol. The van der Waals surface area contributed by atoms with Gasteiger partial charge in [-0.15, -0.1) is 0 Å². The Morgan fingerprint density at radius 3 is 2.47 bits per heavy atom. The summed E-state index contributed by atoms with van der Waals surface area (Å²) in [5.41, 5.74) is 0.918. The molecule has 0 aliphatic heterocycles. The molecule has 0 aliphatic rings. The second-order valence-electron chi connectivity index (χ2n) is 3.86. The number of aryl methyl sites for hydroxylation is 1. The van der Waals surface area contributed by atoms with E-state index in [4.69, 9.17) is 13.7 Å². The van der Waals surface area contributed by atoms with Gasteiger partial charge in [0, 0.05) is 6.61 Å². The van der Waals surface area contributed by atoms with Crippen LogP contribution in [0.1, 0.15) is 19.4 Å². The molecule has 1 rings (SSSR count). The highest BCUT2D eigenvalue weighted by Gasteiger charge is 2.20. The van der Waals surface area contributed by atoms with E-state index in [-0.39, 0.29) is 11.5 Å². The Labute approximate surface area is 114 Å². The standard InChI is InChI=1S/C13H20O5S/c1-4-16-8-9-17-12-10-11(3)6-7-13(12)19(14,15)18-5-2/h6-7,10H,4-5,8-9H2,1-3H3. The van der Waals surface area contributed by atoms with Crippen molar-refractivity contribution in [1.29, 1.82) is 0 Å². The van der Waals surface area contributed by atoms with Crippen LogP contribution in [-0.2, 0) is 19.0 Å². The minimum absolute atomic E-state index is 0.0523. The molecule has 0 aromatic heterocycles. The molecule has 0 saturated heterocycles. The van der Waals surface area contributed by atoms with E-state index < -0.39 is 10.1 Å². The maximum absolute atomic E-state index is 11.9. The first-order valence-corrected chi connectivity index (χ1v) is 7.62. The van der Waals surface area contributed by atoms with Crippen molar-refractivity contribution in [3.8, 4) is 5.75 Å². The fraction of sp³-hybridized carbons (Fsp3) is 0.538. The highest BCUT2D eigenvalue weighted by atomic mass is 32.2. The van der Waals surface area contributed by atoms with Crippen molar-refractivity contribution in [2.45, 2.75) is 25.7 Å². The predicted octanol–water partition coefficient (Wildman–Crippen LogP) is 2.14. The van der Waals surface area contributed by atoms with E-state index in [1.807, 2.05) is 13.8 Å². The molecule has 0 unspecified atom stereocenters. The Hall–Kier alpha value is -1.11. The van der Waals surface area contributed by atoms with Gasteiger partial charge in [-0.05, 0) is 38.5 Å². The van der Waals surface area contributed by atoms with Gasteiger partial charge in [0.2, 0.25) is 0 Å². The summed E-state index contributed by atoms with van der Waals surface area (Å²) >= 11 is 0. The fourth-order valence-electron chi connectivity index (χ4n) is 1.51. The third kappa shape index (κ3) is 4.81. The number of rotatable bonds is 8. The van der Waals surface area contributed by atoms with E-state index in [1.165, 1.54) is 6.07 Å². The van der Waals surface area contributed by atoms with Crippen LogP contribution < -0.4 is 4.74 Å². The number of ether oxygens (including phenoxy) is 2. The zero-order chi connectivity index (χ0) is 14.3. The van der Waals surface area contributed by atoms with Crippen LogP contribution in [0.25, 0.3) is 0 Å². The Morgan fingerprint density at radius 1 is 1.11 bits per heavy atom. The summed E-state index contributed by atoms with van der Waals surface area (Å²) in [5, 5.41) is 0. The first-order valence-electron chi connectivity index (χ1n) is 6.22. The average molecular weight is 288 g/mol. The van der Waals surface area contributed by atoms with E-state index in [1.54, 1.807) is 19.1 Å². The number of hydrogen-bond donors (Lipinski definition) is 0. The second kappa shape index (κ2) is 7.47. The van der Waals surface area contributed by atoms with Crippen LogP contribution in [0.2, 0.25) is 0 Å². The quantitative estimate of drug-likeness (QED) is 0.542. The third-order valence-electron chi connectivity index (χ3n) is 2.33. The van der Waals surface area contributed by atoms with Crippen molar-refractivity contribution in [1.82, 2.24) is 0 Å². The van der Waals surface area contributed by atoms with Crippen molar-refractivity contribution in [2.75, 3.05) is 26.4 Å². The van der Waals surface area contributed by atoms with E-state index >= 15 is 0 Å². The molecule has 5 nitrogen and oxygen atoms in total. The zero-order valence-corrected chi connectivity index (χ0v) is 12.3. The summed E-state index contributed by atoms with van der Waals surface area (Å²) < 4.78 is 39.2. The molecular formula is C13H20O5S. The van der Waals surface area contributed by atoms with Crippen LogP contribution in [0, 0.1) is 6.92 Å². The van der Waals surface area contributed by atoms with Crippen LogP contribution in [-0.4, -0.2) is 34.8 Å². The van der Waals surface area contributed by atoms with Crippen molar-refractivity contribution in [3.05, 3.63) is 23.8 Å².